The summed E-state index contributed by atoms with van der Waals surface area (Å²) in [6.07, 6.45) is -1.70. The van der Waals surface area contributed by atoms with Crippen LogP contribution in [0.15, 0.2) is 84.9 Å². The highest BCUT2D eigenvalue weighted by atomic mass is 19.4. The number of ether oxygens (including phenoxy) is 2. The van der Waals surface area contributed by atoms with E-state index in [1.54, 1.807) is 42.5 Å². The number of nitrogens with one attached hydrogen (secondary N) is 5. The Bertz CT molecular complexity index is 2680. The van der Waals surface area contributed by atoms with Gasteiger partial charge in [0.15, 0.2) is 0 Å². The van der Waals surface area contributed by atoms with Crippen molar-refractivity contribution in [3.05, 3.63) is 113 Å². The molecule has 3 unspecified atom stereocenters. The number of unbranched alkanes of at least 4 members (excludes halogenated alkanes) is 2. The highest BCUT2D eigenvalue weighted by Gasteiger charge is 2.32. The molecule has 5 N–H and O–H groups in total. The Kier molecular flexibility index (Phi) is 17.2. The number of alkyl halides is 4. The van der Waals surface area contributed by atoms with E-state index in [9.17, 15) is 27.6 Å². The lowest BCUT2D eigenvalue weighted by Gasteiger charge is -2.35. The molecule has 4 aromatic carbocycles. The second-order valence-electron chi connectivity index (χ2n) is 18.0. The van der Waals surface area contributed by atoms with Crippen molar-refractivity contribution < 1.29 is 41.4 Å². The van der Waals surface area contributed by atoms with E-state index in [1.807, 2.05) is 55.3 Å². The molecule has 3 amide bonds. The van der Waals surface area contributed by atoms with Gasteiger partial charge in [-0.05, 0) is 104 Å². The molecule has 1 saturated heterocycles. The zero-order valence-corrected chi connectivity index (χ0v) is 40.1. The summed E-state index contributed by atoms with van der Waals surface area (Å²) in [4.78, 5) is 40.9. The summed E-state index contributed by atoms with van der Waals surface area (Å²) in [5.41, 5.74) is 6.13. The van der Waals surface area contributed by atoms with Crippen LogP contribution in [0.5, 0.6) is 11.5 Å². The van der Waals surface area contributed by atoms with Crippen molar-refractivity contribution in [3.8, 4) is 23.3 Å². The van der Waals surface area contributed by atoms with Gasteiger partial charge in [-0.3, -0.25) is 14.4 Å². The zero-order chi connectivity index (χ0) is 49.8. The number of likely N-dealkylation sites (N-methyl/N-ethyl adjacent to an activating group) is 1. The third-order valence-electron chi connectivity index (χ3n) is 12.6. The number of benzene rings is 4. The average Bonchev–Trinajstić information content (AvgIpc) is 3.68. The van der Waals surface area contributed by atoms with Gasteiger partial charge < -0.3 is 50.4 Å². The van der Waals surface area contributed by atoms with Gasteiger partial charge in [0.05, 0.1) is 43.1 Å². The van der Waals surface area contributed by atoms with E-state index in [4.69, 9.17) is 9.47 Å². The van der Waals surface area contributed by atoms with Crippen LogP contribution in [0.3, 0.4) is 0 Å². The van der Waals surface area contributed by atoms with Crippen molar-refractivity contribution in [1.29, 1.82) is 0 Å². The minimum Gasteiger partial charge on any atom is -0.495 e. The summed E-state index contributed by atoms with van der Waals surface area (Å²) >= 11 is 0. The number of hydrogen-bond acceptors (Lipinski definition) is 9. The molecule has 0 radical (unpaired) electrons. The van der Waals surface area contributed by atoms with E-state index in [2.05, 4.69) is 49.4 Å². The second kappa shape index (κ2) is 23.6. The number of carbonyl (C=O) groups excluding carboxylic acids is 3. The quantitative estimate of drug-likeness (QED) is 0.0338. The van der Waals surface area contributed by atoms with Crippen LogP contribution in [0.1, 0.15) is 71.8 Å². The first-order valence-corrected chi connectivity index (χ1v) is 23.7. The molecule has 2 aliphatic heterocycles. The third-order valence-corrected chi connectivity index (χ3v) is 12.6. The number of aromatic nitrogens is 1. The van der Waals surface area contributed by atoms with Gasteiger partial charge in [0.2, 0.25) is 11.8 Å². The van der Waals surface area contributed by atoms with Crippen molar-refractivity contribution in [2.75, 3.05) is 69.5 Å². The monoisotopic (exact) mass is 966 g/mol. The predicted molar refractivity (Wildman–Crippen MR) is 265 cm³/mol. The standard InChI is InChI=1S/C53H62F4N8O5/c1-35-26-38-18-20-41(29-48(38)63(3)32-51(67)61-35)70-33-37-16-14-36(15-17-37)30-60-50(66)13-6-5-7-24-64-25-22-45(43(54)31-64)62-44-11-8-12-47-42(44)28-40(65(47)34-53(55,56)57)10-9-23-59-46-21-19-39(52(68)58-2)27-49(46)69-4/h8,11-12,14-21,27-29,35,43,45,59,62H,5-7,13,22-26,30-34H2,1-4H3,(H,58,68)(H,60,66)(H,61,67). The largest absolute Gasteiger partial charge is 0.495 e. The Morgan fingerprint density at radius 3 is 2.51 bits per heavy atom. The van der Waals surface area contributed by atoms with Crippen molar-refractivity contribution in [3.63, 3.8) is 0 Å². The SMILES string of the molecule is CNC(=O)c1ccc(NCC#Cc2cc3c(NC4CCN(CCCCCC(=O)NCc5ccc(COc6ccc7c(c6)N(C)CC(=O)NC(C)C7)cc5)CC4F)cccc3n2CC(F)(F)F)c(OC)c1. The summed E-state index contributed by atoms with van der Waals surface area (Å²) in [6.45, 7) is 3.51. The van der Waals surface area contributed by atoms with E-state index in [0.29, 0.717) is 79.1 Å². The van der Waals surface area contributed by atoms with Crippen molar-refractivity contribution in [2.45, 2.75) is 89.6 Å². The third kappa shape index (κ3) is 13.9. The fourth-order valence-corrected chi connectivity index (χ4v) is 8.96. The predicted octanol–water partition coefficient (Wildman–Crippen LogP) is 7.81. The van der Waals surface area contributed by atoms with Crippen LogP contribution in [0.25, 0.3) is 10.9 Å². The molecule has 17 heteroatoms. The molecule has 2 aliphatic rings. The highest BCUT2D eigenvalue weighted by molar-refractivity contribution is 5.95. The number of amides is 3. The van der Waals surface area contributed by atoms with Gasteiger partial charge in [-0.25, -0.2) is 4.39 Å². The molecule has 372 valence electrons. The molecule has 0 aliphatic carbocycles. The molecule has 13 nitrogen and oxygen atoms in total. The summed E-state index contributed by atoms with van der Waals surface area (Å²) in [5, 5.41) is 15.5. The van der Waals surface area contributed by atoms with Gasteiger partial charge in [0, 0.05) is 74.6 Å². The van der Waals surface area contributed by atoms with Crippen LogP contribution in [0.2, 0.25) is 0 Å². The van der Waals surface area contributed by atoms with E-state index >= 15 is 4.39 Å². The number of carbonyl (C=O) groups is 3. The Morgan fingerprint density at radius 2 is 1.76 bits per heavy atom. The number of anilines is 3. The highest BCUT2D eigenvalue weighted by Crippen LogP contribution is 2.33. The molecule has 0 bridgehead atoms. The van der Waals surface area contributed by atoms with Gasteiger partial charge in [0.1, 0.15) is 30.8 Å². The number of methoxy groups -OCH3 is 1. The van der Waals surface area contributed by atoms with Crippen LogP contribution in [0.4, 0.5) is 34.6 Å². The van der Waals surface area contributed by atoms with Crippen LogP contribution in [-0.2, 0) is 35.7 Å². The number of hydrogen-bond donors (Lipinski definition) is 5. The molecule has 0 spiro atoms. The maximum atomic E-state index is 15.7. The lowest BCUT2D eigenvalue weighted by Crippen LogP contribution is -2.48. The number of fused-ring (bicyclic) bond motifs is 2. The van der Waals surface area contributed by atoms with E-state index in [-0.39, 0.29) is 49.1 Å². The van der Waals surface area contributed by atoms with Crippen LogP contribution >= 0.6 is 0 Å². The molecule has 70 heavy (non-hydrogen) atoms. The molecule has 1 fully saturated rings. The molecule has 0 saturated carbocycles. The van der Waals surface area contributed by atoms with Gasteiger partial charge in [-0.2, -0.15) is 13.2 Å². The molecule has 5 aromatic rings. The molecular weight excluding hydrogens is 905 g/mol. The summed E-state index contributed by atoms with van der Waals surface area (Å²) in [7, 11) is 4.90. The Labute approximate surface area is 406 Å². The number of piperidine rings is 1. The fraction of sp³-hybridized carbons (Fsp3) is 0.415. The normalized spacial score (nSPS) is 17.3. The van der Waals surface area contributed by atoms with Crippen LogP contribution in [0, 0.1) is 11.8 Å². The van der Waals surface area contributed by atoms with Gasteiger partial charge in [0.25, 0.3) is 5.91 Å². The van der Waals surface area contributed by atoms with Gasteiger partial charge in [-0.1, -0.05) is 48.7 Å². The minimum atomic E-state index is -4.51. The Morgan fingerprint density at radius 1 is 0.957 bits per heavy atom. The lowest BCUT2D eigenvalue weighted by atomic mass is 10.0. The first-order valence-electron chi connectivity index (χ1n) is 23.7. The second-order valence-corrected chi connectivity index (χ2v) is 18.0. The lowest BCUT2D eigenvalue weighted by molar-refractivity contribution is -0.140. The molecule has 3 atom stereocenters. The molecule has 7 rings (SSSR count). The van der Waals surface area contributed by atoms with Crippen LogP contribution < -0.4 is 41.0 Å². The summed E-state index contributed by atoms with van der Waals surface area (Å²) < 4.78 is 69.9. The van der Waals surface area contributed by atoms with Crippen molar-refractivity contribution >= 4 is 45.7 Å². The molecular formula is C53H62F4N8O5. The topological polar surface area (TPSA) is 141 Å². The minimum absolute atomic E-state index is 0.00246. The van der Waals surface area contributed by atoms with E-state index in [0.717, 1.165) is 52.0 Å². The summed E-state index contributed by atoms with van der Waals surface area (Å²) in [5.74, 6) is 6.63. The fourth-order valence-electron chi connectivity index (χ4n) is 8.96. The maximum Gasteiger partial charge on any atom is 0.406 e. The zero-order valence-electron chi connectivity index (χ0n) is 40.1. The Hall–Kier alpha value is -6.93. The number of rotatable bonds is 18. The first-order chi connectivity index (χ1) is 33.7. The molecule has 3 heterocycles. The molecule has 1 aromatic heterocycles. The first kappa shape index (κ1) is 50.9. The van der Waals surface area contributed by atoms with Crippen LogP contribution in [-0.4, -0.2) is 106 Å². The van der Waals surface area contributed by atoms with E-state index < -0.39 is 24.9 Å². The van der Waals surface area contributed by atoms with Gasteiger partial charge in [-0.15, -0.1) is 0 Å². The summed E-state index contributed by atoms with van der Waals surface area (Å²) in [6, 6.07) is 24.9. The van der Waals surface area contributed by atoms with Crippen molar-refractivity contribution in [1.82, 2.24) is 25.4 Å². The number of halogens is 4. The van der Waals surface area contributed by atoms with Crippen molar-refractivity contribution in [2.24, 2.45) is 0 Å². The Balaban J connectivity index is 0.825. The average molecular weight is 967 g/mol. The van der Waals surface area contributed by atoms with Gasteiger partial charge >= 0.3 is 6.18 Å². The number of nitrogens with zero attached hydrogens (tertiary/aromatic N) is 3. The van der Waals surface area contributed by atoms with E-state index in [1.165, 1.54) is 14.2 Å². The smallest absolute Gasteiger partial charge is 0.406 e. The number of likely N-dealkylation sites (tertiary alicyclic amines) is 1. The maximum absolute atomic E-state index is 15.7.